The molecule has 3 rings (SSSR count). The molecule has 9 heteroatoms. The minimum absolute atomic E-state index is 0.0609. The molecule has 1 atom stereocenters. The normalized spacial score (nSPS) is 21.6. The molecule has 1 aromatic heterocycles. The lowest BCUT2D eigenvalue weighted by Crippen LogP contribution is -2.36. The number of carbonyl (C=O) groups excluding carboxylic acids is 2. The Morgan fingerprint density at radius 3 is 2.59 bits per heavy atom. The maximum Gasteiger partial charge on any atom is 0.270 e. The zero-order valence-corrected chi connectivity index (χ0v) is 16.1. The Kier molecular flexibility index (Phi) is 6.01. The monoisotopic (exact) mass is 394 g/mol. The first-order valence-corrected chi connectivity index (χ1v) is 10.8. The Balaban J connectivity index is 1.68. The minimum atomic E-state index is -3.68. The molecule has 2 saturated heterocycles. The topological polar surface area (TPSA) is 103 Å². The maximum atomic E-state index is 13.0. The number of amides is 2. The van der Waals surface area contributed by atoms with Gasteiger partial charge in [-0.05, 0) is 44.2 Å². The minimum Gasteiger partial charge on any atom is -0.356 e. The van der Waals surface area contributed by atoms with Crippen LogP contribution in [0.1, 0.15) is 42.6 Å². The second-order valence-electron chi connectivity index (χ2n) is 6.99. The summed E-state index contributed by atoms with van der Waals surface area (Å²) in [4.78, 5) is 28.6. The third kappa shape index (κ3) is 4.41. The molecule has 1 aromatic rings. The smallest absolute Gasteiger partial charge is 0.270 e. The molecule has 2 amide bonds. The van der Waals surface area contributed by atoms with Gasteiger partial charge in [0.1, 0.15) is 10.6 Å². The molecule has 8 nitrogen and oxygen atoms in total. The van der Waals surface area contributed by atoms with Gasteiger partial charge in [0.2, 0.25) is 15.9 Å². The first-order valence-electron chi connectivity index (χ1n) is 9.32. The summed E-state index contributed by atoms with van der Waals surface area (Å²) in [5, 5.41) is 2.84. The molecule has 2 aliphatic rings. The van der Waals surface area contributed by atoms with Gasteiger partial charge in [0.05, 0.1) is 0 Å². The van der Waals surface area contributed by atoms with Crippen LogP contribution in [0.3, 0.4) is 0 Å². The summed E-state index contributed by atoms with van der Waals surface area (Å²) in [6.45, 7) is 5.58. The van der Waals surface area contributed by atoms with Gasteiger partial charge in [0.15, 0.2) is 0 Å². The van der Waals surface area contributed by atoms with Gasteiger partial charge in [-0.2, -0.15) is 4.31 Å². The molecule has 0 bridgehead atoms. The summed E-state index contributed by atoms with van der Waals surface area (Å²) in [7, 11) is -3.68. The van der Waals surface area contributed by atoms with Crippen LogP contribution in [-0.2, 0) is 14.8 Å². The predicted octanol–water partition coefficient (Wildman–Crippen LogP) is 1.10. The van der Waals surface area contributed by atoms with Crippen LogP contribution >= 0.6 is 0 Å². The Hall–Kier alpha value is -2.13. The summed E-state index contributed by atoms with van der Waals surface area (Å²) in [6.07, 6.45) is 6.49. The fourth-order valence-electron chi connectivity index (χ4n) is 3.60. The summed E-state index contributed by atoms with van der Waals surface area (Å²) in [6, 6.07) is 1.37. The number of hydrogen-bond acceptors (Lipinski definition) is 4. The number of sulfonamides is 1. The van der Waals surface area contributed by atoms with Crippen molar-refractivity contribution in [3.05, 3.63) is 30.6 Å². The maximum absolute atomic E-state index is 13.0. The lowest BCUT2D eigenvalue weighted by molar-refractivity contribution is -0.117. The van der Waals surface area contributed by atoms with Crippen LogP contribution < -0.4 is 5.32 Å². The van der Waals surface area contributed by atoms with Gasteiger partial charge in [-0.3, -0.25) is 9.59 Å². The van der Waals surface area contributed by atoms with Crippen molar-refractivity contribution < 1.29 is 18.0 Å². The van der Waals surface area contributed by atoms with Crippen LogP contribution in [-0.4, -0.2) is 66.6 Å². The van der Waals surface area contributed by atoms with Crippen molar-refractivity contribution >= 4 is 21.8 Å². The van der Waals surface area contributed by atoms with Crippen molar-refractivity contribution in [3.8, 4) is 0 Å². The Morgan fingerprint density at radius 2 is 1.89 bits per heavy atom. The van der Waals surface area contributed by atoms with E-state index in [4.69, 9.17) is 0 Å². The van der Waals surface area contributed by atoms with Crippen molar-refractivity contribution in [3.63, 3.8) is 0 Å². The van der Waals surface area contributed by atoms with E-state index in [1.807, 2.05) is 0 Å². The van der Waals surface area contributed by atoms with Gasteiger partial charge in [0.25, 0.3) is 5.91 Å². The van der Waals surface area contributed by atoms with Crippen LogP contribution in [0.4, 0.5) is 0 Å². The highest BCUT2D eigenvalue weighted by Gasteiger charge is 2.30. The van der Waals surface area contributed by atoms with Gasteiger partial charge in [-0.15, -0.1) is 0 Å². The van der Waals surface area contributed by atoms with Crippen molar-refractivity contribution in [2.75, 3.05) is 26.2 Å². The van der Waals surface area contributed by atoms with E-state index in [-0.39, 0.29) is 22.8 Å². The van der Waals surface area contributed by atoms with Crippen LogP contribution in [0.5, 0.6) is 0 Å². The fourth-order valence-corrected chi connectivity index (χ4v) is 5.09. The Bertz CT molecular complexity index is 811. The summed E-state index contributed by atoms with van der Waals surface area (Å²) >= 11 is 0. The number of carbonyl (C=O) groups is 2. The average Bonchev–Trinajstić information content (AvgIpc) is 3.31. The molecule has 0 radical (unpaired) electrons. The lowest BCUT2D eigenvalue weighted by Gasteiger charge is -2.19. The molecule has 27 heavy (non-hydrogen) atoms. The number of nitrogens with one attached hydrogen (secondary N) is 2. The van der Waals surface area contributed by atoms with Crippen molar-refractivity contribution in [1.82, 2.24) is 19.5 Å². The molecule has 1 unspecified atom stereocenters. The van der Waals surface area contributed by atoms with Crippen LogP contribution in [0.15, 0.2) is 29.8 Å². The van der Waals surface area contributed by atoms with Crippen molar-refractivity contribution in [1.29, 1.82) is 0 Å². The zero-order chi connectivity index (χ0) is 19.4. The number of aromatic amines is 1. The van der Waals surface area contributed by atoms with Gasteiger partial charge in [-0.25, -0.2) is 8.42 Å². The van der Waals surface area contributed by atoms with E-state index in [1.54, 1.807) is 4.90 Å². The third-order valence-corrected chi connectivity index (χ3v) is 7.01. The number of rotatable bonds is 5. The molecule has 2 aliphatic heterocycles. The van der Waals surface area contributed by atoms with Gasteiger partial charge in [0, 0.05) is 38.4 Å². The SMILES string of the molecule is C=CC(=O)NC1CCCN(S(=O)(=O)c2c[nH]c(C(=O)N3CCCC3)c2)CC1. The average molecular weight is 394 g/mol. The highest BCUT2D eigenvalue weighted by molar-refractivity contribution is 7.89. The molecule has 2 N–H and O–H groups in total. The van der Waals surface area contributed by atoms with E-state index in [1.165, 1.54) is 22.6 Å². The highest BCUT2D eigenvalue weighted by atomic mass is 32.2. The molecule has 0 aliphatic carbocycles. The van der Waals surface area contributed by atoms with Gasteiger partial charge in [-0.1, -0.05) is 6.58 Å². The first-order chi connectivity index (χ1) is 12.9. The number of nitrogens with zero attached hydrogens (tertiary/aromatic N) is 2. The van der Waals surface area contributed by atoms with E-state index in [0.717, 1.165) is 19.3 Å². The van der Waals surface area contributed by atoms with Gasteiger partial charge < -0.3 is 15.2 Å². The van der Waals surface area contributed by atoms with E-state index >= 15 is 0 Å². The number of hydrogen-bond donors (Lipinski definition) is 2. The molecular weight excluding hydrogens is 368 g/mol. The van der Waals surface area contributed by atoms with Gasteiger partial charge >= 0.3 is 0 Å². The quantitative estimate of drug-likeness (QED) is 0.730. The molecule has 2 fully saturated rings. The van der Waals surface area contributed by atoms with E-state index < -0.39 is 10.0 Å². The number of H-pyrrole nitrogens is 1. The second kappa shape index (κ2) is 8.26. The van der Waals surface area contributed by atoms with Crippen molar-refractivity contribution in [2.24, 2.45) is 0 Å². The third-order valence-electron chi connectivity index (χ3n) is 5.14. The molecule has 0 saturated carbocycles. The summed E-state index contributed by atoms with van der Waals surface area (Å²) < 4.78 is 27.4. The number of aromatic nitrogens is 1. The summed E-state index contributed by atoms with van der Waals surface area (Å²) in [5.41, 5.74) is 0.307. The number of likely N-dealkylation sites (tertiary alicyclic amines) is 1. The largest absolute Gasteiger partial charge is 0.356 e. The first kappa shape index (κ1) is 19.6. The zero-order valence-electron chi connectivity index (χ0n) is 15.3. The van der Waals surface area contributed by atoms with E-state index in [9.17, 15) is 18.0 Å². The lowest BCUT2D eigenvalue weighted by atomic mass is 10.1. The predicted molar refractivity (Wildman–Crippen MR) is 101 cm³/mol. The van der Waals surface area contributed by atoms with Crippen LogP contribution in [0.2, 0.25) is 0 Å². The van der Waals surface area contributed by atoms with Crippen molar-refractivity contribution in [2.45, 2.75) is 43.0 Å². The standard InChI is InChI=1S/C18H26N4O4S/c1-2-17(23)20-14-6-5-10-22(11-7-14)27(25,26)15-12-16(19-13-15)18(24)21-8-3-4-9-21/h2,12-14,19H,1,3-11H2,(H,20,23). The second-order valence-corrected chi connectivity index (χ2v) is 8.93. The van der Waals surface area contributed by atoms with Crippen LogP contribution in [0.25, 0.3) is 0 Å². The van der Waals surface area contributed by atoms with E-state index in [0.29, 0.717) is 44.7 Å². The highest BCUT2D eigenvalue weighted by Crippen LogP contribution is 2.22. The Labute approximate surface area is 159 Å². The molecule has 3 heterocycles. The Morgan fingerprint density at radius 1 is 1.15 bits per heavy atom. The summed E-state index contributed by atoms with van der Waals surface area (Å²) in [5.74, 6) is -0.399. The fraction of sp³-hybridized carbons (Fsp3) is 0.556. The molecule has 0 spiro atoms. The molecular formula is C18H26N4O4S. The molecule has 0 aromatic carbocycles. The molecule has 148 valence electrons. The van der Waals surface area contributed by atoms with Crippen LogP contribution in [0, 0.1) is 0 Å². The van der Waals surface area contributed by atoms with E-state index in [2.05, 4.69) is 16.9 Å².